The van der Waals surface area contributed by atoms with E-state index in [0.29, 0.717) is 12.1 Å². The van der Waals surface area contributed by atoms with Crippen LogP contribution in [0.15, 0.2) is 0 Å². The van der Waals surface area contributed by atoms with Crippen molar-refractivity contribution in [2.45, 2.75) is 58.5 Å². The summed E-state index contributed by atoms with van der Waals surface area (Å²) in [4.78, 5) is 2.42. The van der Waals surface area contributed by atoms with Gasteiger partial charge in [-0.1, -0.05) is 20.8 Å². The van der Waals surface area contributed by atoms with Gasteiger partial charge in [-0.25, -0.2) is 0 Å². The van der Waals surface area contributed by atoms with Gasteiger partial charge in [0.25, 0.3) is 0 Å². The standard InChI is InChI=1S/C14H30N2O/c1-14(2,3)13(8-11-17)15-12-6-5-9-16(4)10-7-12/h12-13,15,17H,5-11H2,1-4H3. The van der Waals surface area contributed by atoms with Crippen LogP contribution in [0, 0.1) is 5.41 Å². The highest BCUT2D eigenvalue weighted by atomic mass is 16.3. The van der Waals surface area contributed by atoms with Crippen LogP contribution < -0.4 is 5.32 Å². The Bertz CT molecular complexity index is 213. The molecule has 1 aliphatic heterocycles. The van der Waals surface area contributed by atoms with Gasteiger partial charge in [0.05, 0.1) is 0 Å². The minimum Gasteiger partial charge on any atom is -0.396 e. The molecule has 0 saturated carbocycles. The van der Waals surface area contributed by atoms with Gasteiger partial charge >= 0.3 is 0 Å². The summed E-state index contributed by atoms with van der Waals surface area (Å²) in [6.07, 6.45) is 4.64. The van der Waals surface area contributed by atoms with Crippen molar-refractivity contribution in [3.8, 4) is 0 Å². The average Bonchev–Trinajstić information content (AvgIpc) is 2.42. The second-order valence-electron chi connectivity index (χ2n) is 6.53. The Balaban J connectivity index is 2.48. The van der Waals surface area contributed by atoms with E-state index in [9.17, 15) is 5.11 Å². The molecule has 0 spiro atoms. The minimum absolute atomic E-state index is 0.223. The van der Waals surface area contributed by atoms with Crippen LogP contribution in [0.1, 0.15) is 46.5 Å². The highest BCUT2D eigenvalue weighted by molar-refractivity contribution is 4.85. The molecule has 2 N–H and O–H groups in total. The molecule has 2 atom stereocenters. The molecule has 0 radical (unpaired) electrons. The predicted molar refractivity (Wildman–Crippen MR) is 73.2 cm³/mol. The Morgan fingerprint density at radius 2 is 2.00 bits per heavy atom. The molecule has 2 unspecified atom stereocenters. The first-order valence-corrected chi connectivity index (χ1v) is 6.99. The van der Waals surface area contributed by atoms with E-state index in [1.165, 1.54) is 32.4 Å². The van der Waals surface area contributed by atoms with Gasteiger partial charge in [0.1, 0.15) is 0 Å². The van der Waals surface area contributed by atoms with E-state index < -0.39 is 0 Å². The molecule has 102 valence electrons. The summed E-state index contributed by atoms with van der Waals surface area (Å²) >= 11 is 0. The summed E-state index contributed by atoms with van der Waals surface area (Å²) in [5, 5.41) is 12.9. The van der Waals surface area contributed by atoms with Crippen molar-refractivity contribution in [3.05, 3.63) is 0 Å². The van der Waals surface area contributed by atoms with E-state index in [1.807, 2.05) is 0 Å². The zero-order valence-corrected chi connectivity index (χ0v) is 12.0. The molecule has 0 aromatic carbocycles. The van der Waals surface area contributed by atoms with Crippen molar-refractivity contribution < 1.29 is 5.11 Å². The lowest BCUT2D eigenvalue weighted by atomic mass is 9.84. The van der Waals surface area contributed by atoms with Crippen molar-refractivity contribution in [1.82, 2.24) is 10.2 Å². The van der Waals surface area contributed by atoms with E-state index in [0.717, 1.165) is 6.42 Å². The van der Waals surface area contributed by atoms with Crippen LogP contribution >= 0.6 is 0 Å². The molecule has 0 bridgehead atoms. The number of likely N-dealkylation sites (tertiary alicyclic amines) is 1. The molecule has 17 heavy (non-hydrogen) atoms. The molecular formula is C14H30N2O. The Morgan fingerprint density at radius 3 is 2.59 bits per heavy atom. The first kappa shape index (κ1) is 14.9. The third-order valence-electron chi connectivity index (χ3n) is 3.85. The number of rotatable bonds is 4. The van der Waals surface area contributed by atoms with Gasteiger partial charge in [-0.15, -0.1) is 0 Å². The summed E-state index contributed by atoms with van der Waals surface area (Å²) in [6.45, 7) is 9.45. The molecule has 3 nitrogen and oxygen atoms in total. The van der Waals surface area contributed by atoms with E-state index >= 15 is 0 Å². The maximum absolute atomic E-state index is 9.18. The molecule has 1 rings (SSSR count). The van der Waals surface area contributed by atoms with Crippen LogP contribution in [0.25, 0.3) is 0 Å². The van der Waals surface area contributed by atoms with Crippen molar-refractivity contribution >= 4 is 0 Å². The molecule has 1 saturated heterocycles. The van der Waals surface area contributed by atoms with E-state index in [1.54, 1.807) is 0 Å². The Labute approximate surface area is 107 Å². The molecule has 0 aliphatic carbocycles. The summed E-state index contributed by atoms with van der Waals surface area (Å²) < 4.78 is 0. The number of hydrogen-bond donors (Lipinski definition) is 2. The third kappa shape index (κ3) is 5.36. The smallest absolute Gasteiger partial charge is 0.0446 e. The van der Waals surface area contributed by atoms with Crippen LogP contribution in [0.5, 0.6) is 0 Å². The summed E-state index contributed by atoms with van der Waals surface area (Å²) in [5.41, 5.74) is 0.223. The fourth-order valence-corrected chi connectivity index (χ4v) is 2.59. The molecule has 3 heteroatoms. The Kier molecular flexibility index (Phi) is 5.90. The van der Waals surface area contributed by atoms with Crippen LogP contribution in [0.2, 0.25) is 0 Å². The zero-order chi connectivity index (χ0) is 12.9. The summed E-state index contributed by atoms with van der Waals surface area (Å²) in [5.74, 6) is 0. The first-order chi connectivity index (χ1) is 7.93. The fourth-order valence-electron chi connectivity index (χ4n) is 2.59. The molecule has 0 aromatic rings. The molecule has 1 aliphatic rings. The SMILES string of the molecule is CN1CCCC(NC(CCO)C(C)(C)C)CC1. The lowest BCUT2D eigenvalue weighted by Crippen LogP contribution is -2.46. The van der Waals surface area contributed by atoms with Gasteiger partial charge < -0.3 is 15.3 Å². The van der Waals surface area contributed by atoms with Gasteiger partial charge in [-0.2, -0.15) is 0 Å². The van der Waals surface area contributed by atoms with E-state index in [2.05, 4.69) is 38.0 Å². The summed E-state index contributed by atoms with van der Waals surface area (Å²) in [7, 11) is 2.21. The van der Waals surface area contributed by atoms with Crippen LogP contribution in [-0.4, -0.2) is 48.8 Å². The first-order valence-electron chi connectivity index (χ1n) is 6.99. The minimum atomic E-state index is 0.223. The Hall–Kier alpha value is -0.120. The van der Waals surface area contributed by atoms with E-state index in [-0.39, 0.29) is 12.0 Å². The van der Waals surface area contributed by atoms with Gasteiger partial charge in [0.2, 0.25) is 0 Å². The van der Waals surface area contributed by atoms with Gasteiger partial charge in [0.15, 0.2) is 0 Å². The van der Waals surface area contributed by atoms with Gasteiger partial charge in [-0.3, -0.25) is 0 Å². The normalized spacial score (nSPS) is 25.6. The molecule has 0 aromatic heterocycles. The van der Waals surface area contributed by atoms with Crippen LogP contribution in [0.4, 0.5) is 0 Å². The molecular weight excluding hydrogens is 212 g/mol. The van der Waals surface area contributed by atoms with Gasteiger partial charge in [0, 0.05) is 18.7 Å². The second kappa shape index (κ2) is 6.72. The van der Waals surface area contributed by atoms with Crippen molar-refractivity contribution in [1.29, 1.82) is 0 Å². The summed E-state index contributed by atoms with van der Waals surface area (Å²) in [6, 6.07) is 1.04. The maximum Gasteiger partial charge on any atom is 0.0446 e. The topological polar surface area (TPSA) is 35.5 Å². The monoisotopic (exact) mass is 242 g/mol. The van der Waals surface area contributed by atoms with Crippen molar-refractivity contribution in [3.63, 3.8) is 0 Å². The largest absolute Gasteiger partial charge is 0.396 e. The van der Waals surface area contributed by atoms with Gasteiger partial charge in [-0.05, 0) is 51.2 Å². The fraction of sp³-hybridized carbons (Fsp3) is 1.00. The van der Waals surface area contributed by atoms with E-state index in [4.69, 9.17) is 0 Å². The number of hydrogen-bond acceptors (Lipinski definition) is 3. The number of nitrogens with zero attached hydrogens (tertiary/aromatic N) is 1. The van der Waals surface area contributed by atoms with Crippen molar-refractivity contribution in [2.75, 3.05) is 26.7 Å². The number of aliphatic hydroxyl groups excluding tert-OH is 1. The maximum atomic E-state index is 9.18. The number of nitrogens with one attached hydrogen (secondary N) is 1. The third-order valence-corrected chi connectivity index (χ3v) is 3.85. The van der Waals surface area contributed by atoms with Crippen molar-refractivity contribution in [2.24, 2.45) is 5.41 Å². The molecule has 1 fully saturated rings. The predicted octanol–water partition coefficient (Wildman–Crippen LogP) is 1.86. The quantitative estimate of drug-likeness (QED) is 0.790. The highest BCUT2D eigenvalue weighted by Crippen LogP contribution is 2.23. The average molecular weight is 242 g/mol. The van der Waals surface area contributed by atoms with Crippen LogP contribution in [0.3, 0.4) is 0 Å². The highest BCUT2D eigenvalue weighted by Gasteiger charge is 2.27. The molecule has 0 amide bonds. The Morgan fingerprint density at radius 1 is 1.29 bits per heavy atom. The number of aliphatic hydroxyl groups is 1. The lowest BCUT2D eigenvalue weighted by molar-refractivity contribution is 0.181. The van der Waals surface area contributed by atoms with Crippen LogP contribution in [-0.2, 0) is 0 Å². The second-order valence-corrected chi connectivity index (χ2v) is 6.53. The zero-order valence-electron chi connectivity index (χ0n) is 12.0. The molecule has 1 heterocycles. The lowest BCUT2D eigenvalue weighted by Gasteiger charge is -2.34.